The normalized spacial score (nSPS) is 27.4. The Hall–Kier alpha value is -4.65. The van der Waals surface area contributed by atoms with E-state index in [4.69, 9.17) is 86.9 Å². The molecule has 0 saturated carbocycles. The lowest BCUT2D eigenvalue weighted by atomic mass is 10.0. The number of halogens is 5. The molecule has 29 nitrogen and oxygen atoms in total. The third-order valence-corrected chi connectivity index (χ3v) is 15.1. The van der Waals surface area contributed by atoms with Crippen molar-refractivity contribution in [1.82, 2.24) is 45.6 Å². The molecule has 7 saturated heterocycles. The van der Waals surface area contributed by atoms with Crippen molar-refractivity contribution in [2.45, 2.75) is 155 Å². The van der Waals surface area contributed by atoms with E-state index in [0.717, 1.165) is 38.8 Å². The van der Waals surface area contributed by atoms with Crippen LogP contribution in [0.2, 0.25) is 24.8 Å². The van der Waals surface area contributed by atoms with Crippen LogP contribution in [-0.4, -0.2) is 218 Å². The van der Waals surface area contributed by atoms with E-state index in [0.29, 0.717) is 65.0 Å². The van der Waals surface area contributed by atoms with Crippen molar-refractivity contribution in [3.63, 3.8) is 0 Å². The number of hydrogen-bond donors (Lipinski definition) is 14. The predicted octanol–water partition coefficient (Wildman–Crippen LogP) is -2.05. The van der Waals surface area contributed by atoms with Crippen LogP contribution in [0.15, 0.2) is 12.7 Å². The van der Waals surface area contributed by atoms with Crippen molar-refractivity contribution in [3.8, 4) is 6.07 Å². The highest BCUT2D eigenvalue weighted by Crippen LogP contribution is 2.28. The minimum Gasteiger partial charge on any atom is -0.466 e. The van der Waals surface area contributed by atoms with E-state index < -0.39 is 62.4 Å². The average Bonchev–Trinajstić information content (AvgIpc) is 4.46. The number of nitriles is 1. The van der Waals surface area contributed by atoms with Gasteiger partial charge in [0.05, 0.1) is 74.7 Å². The molecule has 9 rings (SSSR count). The van der Waals surface area contributed by atoms with Crippen molar-refractivity contribution < 1.29 is 72.2 Å². The standard InChI is InChI=1S/C9H14FN5O.C8H16INO2Si.C7H11NO3.C5H11ClN2O.C5H10N2O2.C5H7NO2.C5H9NO2.C4H3ClFN3/c10-7-8(12)13-4-14-9(7)15-2-1-6(16)5(11)3-15;1-13(2,3)12-6-4-5-10-8(11)7(6)9;1-2-11-7(10)5-6(9)3-4-8;6-8-2-1-5(9)4(7)3-8;6-4-3(8)1-2-7-5(4)9;7-5-4-3(8-4)1-2-6-5;7-4-1-2-6-5(8)3-4;5-3-2(6)4(7)9-1-8-3/h4-6,16H,1-3,11H2,(H2,12,13,14);6-7H,4-5H2,1-3H3,(H,10,11);6,9H,2-3,5H2,1H3;4-5,9H,1-3,7H2;3-4,8H,1-2,6H2,(H,7,9);3-4H,1-2H2,(H,6,7);4,7H,1-3H2,(H,6,8);1H,(H2,7,8,9)/t5-,6-;6-,7+;6-;4-,5-;3-,4+;3-,4-;4-;/m0000000./s1. The number of carbonyl (C=O) groups excluding carboxylic acids is 5. The van der Waals surface area contributed by atoms with Gasteiger partial charge in [-0.25, -0.2) is 24.4 Å². The number of fused-ring (bicyclic) bond motifs is 1. The summed E-state index contributed by atoms with van der Waals surface area (Å²) in [5, 5.41) is 63.8. The third-order valence-electron chi connectivity index (χ3n) is 12.2. The van der Waals surface area contributed by atoms with Gasteiger partial charge in [-0.1, -0.05) is 34.2 Å². The number of nitrogens with zero attached hydrogens (tertiary/aromatic N) is 7. The summed E-state index contributed by atoms with van der Waals surface area (Å²) in [5.74, 6) is -2.22. The molecule has 4 amide bonds. The molecule has 0 unspecified atom stereocenters. The molecule has 2 aromatic rings. The maximum Gasteiger partial charge on any atom is 0.308 e. The molecule has 0 aromatic carbocycles. The van der Waals surface area contributed by atoms with E-state index in [1.807, 2.05) is 0 Å². The number of epoxide rings is 1. The number of hydrogen-bond acceptors (Lipinski definition) is 25. The highest BCUT2D eigenvalue weighted by atomic mass is 127. The molecular weight excluding hydrogens is 1270 g/mol. The number of piperidine rings is 6. The van der Waals surface area contributed by atoms with Crippen LogP contribution in [0.1, 0.15) is 64.7 Å². The van der Waals surface area contributed by atoms with E-state index in [-0.39, 0.29) is 99.9 Å². The number of nitrogens with one attached hydrogen (secondary N) is 4. The van der Waals surface area contributed by atoms with Crippen molar-refractivity contribution in [2.75, 3.05) is 75.3 Å². The number of alkyl halides is 1. The first-order valence-electron chi connectivity index (χ1n) is 26.6. The number of nitrogen functional groups attached to an aromatic ring is 2. The SMILES string of the molecule is CCOC(=O)C[C@@H](O)CC#N.C[Si](C)(C)O[C@H]1CCNC(=O)[C@@H]1I.N[C@H]1C(=O)NCC[C@@H]1O.N[C@H]1CN(Cl)CC[C@@H]1O.Nc1ncnc(Cl)c1F.Nc1ncnc(N2CC[C@H](O)[C@@H](N)C2)c1F.O=C1C[C@@H](O)CCN1.O=C1NCC[C@@H]2O[C@H]12. The molecule has 0 bridgehead atoms. The van der Waals surface area contributed by atoms with Crippen LogP contribution in [0, 0.1) is 23.0 Å². The molecule has 9 heterocycles. The molecule has 2 aromatic heterocycles. The first-order chi connectivity index (χ1) is 39.0. The topological polar surface area (TPSA) is 478 Å². The fraction of sp³-hybridized carbons (Fsp3) is 0.708. The summed E-state index contributed by atoms with van der Waals surface area (Å²) in [6.45, 7) is 13.3. The molecule has 0 radical (unpaired) electrons. The first-order valence-corrected chi connectivity index (χ1v) is 32.0. The van der Waals surface area contributed by atoms with E-state index >= 15 is 0 Å². The monoisotopic (exact) mass is 1350 g/mol. The van der Waals surface area contributed by atoms with Gasteiger partial charge in [0.2, 0.25) is 29.4 Å². The fourth-order valence-corrected chi connectivity index (χ4v) is 10.1. The van der Waals surface area contributed by atoms with Crippen LogP contribution in [0.4, 0.5) is 26.2 Å². The zero-order valence-electron chi connectivity index (χ0n) is 46.7. The van der Waals surface area contributed by atoms with Gasteiger partial charge < -0.3 is 94.3 Å². The smallest absolute Gasteiger partial charge is 0.308 e. The number of rotatable bonds is 7. The van der Waals surface area contributed by atoms with Crippen LogP contribution in [0.3, 0.4) is 0 Å². The number of carbonyl (C=O) groups is 5. The Balaban J connectivity index is 0.000000328. The van der Waals surface area contributed by atoms with Gasteiger partial charge in [-0.2, -0.15) is 14.0 Å². The molecule has 35 heteroatoms. The molecule has 12 atom stereocenters. The fourth-order valence-electron chi connectivity index (χ4n) is 7.57. The summed E-state index contributed by atoms with van der Waals surface area (Å²) in [6, 6.07) is 0.465. The van der Waals surface area contributed by atoms with Crippen LogP contribution >= 0.6 is 46.0 Å². The zero-order chi connectivity index (χ0) is 62.6. The Bertz CT molecular complexity index is 2360. The Morgan fingerprint density at radius 1 is 0.831 bits per heavy atom. The van der Waals surface area contributed by atoms with Gasteiger partial charge in [0, 0.05) is 64.4 Å². The average molecular weight is 1350 g/mol. The lowest BCUT2D eigenvalue weighted by Crippen LogP contribution is -2.53. The third kappa shape index (κ3) is 29.3. The Kier molecular flexibility index (Phi) is 34.4. The molecule has 7 fully saturated rings. The molecular formula is C48H81Cl2F2IN16O13Si. The van der Waals surface area contributed by atoms with Crippen molar-refractivity contribution in [3.05, 3.63) is 29.4 Å². The molecule has 19 N–H and O–H groups in total. The molecule has 7 aliphatic heterocycles. The summed E-state index contributed by atoms with van der Waals surface area (Å²) in [7, 11) is -1.50. The van der Waals surface area contributed by atoms with Gasteiger partial charge in [-0.3, -0.25) is 24.0 Å². The summed E-state index contributed by atoms with van der Waals surface area (Å²) >= 11 is 13.0. The van der Waals surface area contributed by atoms with E-state index in [1.54, 1.807) is 22.3 Å². The number of anilines is 3. The minimum atomic E-state index is -1.50. The number of esters is 1. The van der Waals surface area contributed by atoms with Gasteiger partial charge in [-0.15, -0.1) is 0 Å². The number of ether oxygens (including phenoxy) is 2. The highest BCUT2D eigenvalue weighted by molar-refractivity contribution is 14.1. The van der Waals surface area contributed by atoms with Gasteiger partial charge in [0.1, 0.15) is 22.6 Å². The Labute approximate surface area is 505 Å². The van der Waals surface area contributed by atoms with Crippen LogP contribution in [-0.2, 0) is 37.9 Å². The maximum absolute atomic E-state index is 13.6. The second-order valence-corrected chi connectivity index (χ2v) is 26.9. The largest absolute Gasteiger partial charge is 0.466 e. The van der Waals surface area contributed by atoms with Crippen molar-refractivity contribution >= 4 is 101 Å². The van der Waals surface area contributed by atoms with Crippen molar-refractivity contribution in [1.29, 1.82) is 5.26 Å². The molecule has 0 spiro atoms. The maximum atomic E-state index is 13.6. The van der Waals surface area contributed by atoms with E-state index in [1.165, 1.54) is 6.33 Å². The van der Waals surface area contributed by atoms with Crippen LogP contribution in [0.25, 0.3) is 0 Å². The first kappa shape index (κ1) is 74.4. The lowest BCUT2D eigenvalue weighted by molar-refractivity contribution is -0.145. The van der Waals surface area contributed by atoms with Crippen LogP contribution < -0.4 is 54.8 Å². The summed E-state index contributed by atoms with van der Waals surface area (Å²) in [5.41, 5.74) is 26.8. The lowest BCUT2D eigenvalue weighted by Gasteiger charge is -2.34. The number of aliphatic hydroxyl groups is 5. The van der Waals surface area contributed by atoms with Gasteiger partial charge in [0.25, 0.3) is 5.91 Å². The minimum absolute atomic E-state index is 0.0157. The highest BCUT2D eigenvalue weighted by Gasteiger charge is 2.47. The zero-order valence-corrected chi connectivity index (χ0v) is 51.4. The Morgan fingerprint density at radius 3 is 1.89 bits per heavy atom. The summed E-state index contributed by atoms with van der Waals surface area (Å²) in [4.78, 5) is 69.3. The molecule has 7 aliphatic rings. The number of amides is 4. The van der Waals surface area contributed by atoms with Gasteiger partial charge >= 0.3 is 5.97 Å². The quantitative estimate of drug-likeness (QED) is 0.0270. The molecule has 0 aliphatic carbocycles. The summed E-state index contributed by atoms with van der Waals surface area (Å²) in [6.07, 6.45) is 4.31. The Morgan fingerprint density at radius 2 is 1.40 bits per heavy atom. The van der Waals surface area contributed by atoms with E-state index in [9.17, 15) is 37.9 Å². The van der Waals surface area contributed by atoms with Crippen LogP contribution in [0.5, 0.6) is 0 Å². The van der Waals surface area contributed by atoms with E-state index in [2.05, 4.69) is 88.2 Å². The van der Waals surface area contributed by atoms with Gasteiger partial charge in [0.15, 0.2) is 37.0 Å². The summed E-state index contributed by atoms with van der Waals surface area (Å²) < 4.78 is 43.0. The number of aliphatic hydroxyl groups excluding tert-OH is 5. The van der Waals surface area contributed by atoms with Crippen molar-refractivity contribution in [2.24, 2.45) is 17.2 Å². The molecule has 83 heavy (non-hydrogen) atoms. The van der Waals surface area contributed by atoms with Gasteiger partial charge in [-0.05, 0) is 76.9 Å². The number of aromatic nitrogens is 4. The second-order valence-electron chi connectivity index (χ2n) is 20.2. The molecule has 470 valence electrons. The second kappa shape index (κ2) is 38.4. The number of nitrogens with two attached hydrogens (primary N) is 5. The predicted molar refractivity (Wildman–Crippen MR) is 312 cm³/mol.